The lowest BCUT2D eigenvalue weighted by molar-refractivity contribution is 0.475. The summed E-state index contributed by atoms with van der Waals surface area (Å²) in [5.74, 6) is 0.221. The first kappa shape index (κ1) is 8.70. The quantitative estimate of drug-likeness (QED) is 0.476. The Kier molecular flexibility index (Phi) is 1.45. The van der Waals surface area contributed by atoms with Crippen LogP contribution in [0.1, 0.15) is 0 Å². The molecule has 3 nitrogen and oxygen atoms in total. The molecule has 17 heavy (non-hydrogen) atoms. The largest absolute Gasteiger partial charge is 0.508 e. The van der Waals surface area contributed by atoms with Crippen LogP contribution in [0.5, 0.6) is 5.75 Å². The predicted molar refractivity (Wildman–Crippen MR) is 67.2 cm³/mol. The number of fused-ring (bicyclic) bond motifs is 5. The standard InChI is InChI=1S/C14H9NO2/c16-8-5-6-10-12(7-8)17-14-9-3-1-2-4-11(9)15-13(10)14/h1-7,15-16H. The number of benzene rings is 2. The van der Waals surface area contributed by atoms with Gasteiger partial charge in [0.1, 0.15) is 11.3 Å². The highest BCUT2D eigenvalue weighted by atomic mass is 16.3. The molecule has 0 aliphatic heterocycles. The molecule has 2 aromatic heterocycles. The number of furan rings is 1. The highest BCUT2D eigenvalue weighted by molar-refractivity contribution is 6.14. The van der Waals surface area contributed by atoms with Gasteiger partial charge in [-0.3, -0.25) is 0 Å². The van der Waals surface area contributed by atoms with E-state index in [1.54, 1.807) is 12.1 Å². The fraction of sp³-hybridized carbons (Fsp3) is 0. The average Bonchev–Trinajstić information content (AvgIpc) is 2.84. The van der Waals surface area contributed by atoms with Crippen LogP contribution in [0.2, 0.25) is 0 Å². The van der Waals surface area contributed by atoms with Gasteiger partial charge >= 0.3 is 0 Å². The van der Waals surface area contributed by atoms with E-state index in [-0.39, 0.29) is 5.75 Å². The van der Waals surface area contributed by atoms with Crippen molar-refractivity contribution in [2.75, 3.05) is 0 Å². The normalized spacial score (nSPS) is 11.8. The Bertz CT molecular complexity index is 854. The first-order chi connectivity index (χ1) is 8.33. The highest BCUT2D eigenvalue weighted by Crippen LogP contribution is 2.34. The summed E-state index contributed by atoms with van der Waals surface area (Å²) in [6.45, 7) is 0. The molecule has 0 atom stereocenters. The number of phenolic OH excluding ortho intramolecular Hbond substituents is 1. The van der Waals surface area contributed by atoms with E-state index >= 15 is 0 Å². The summed E-state index contributed by atoms with van der Waals surface area (Å²) in [6.07, 6.45) is 0. The molecule has 0 amide bonds. The lowest BCUT2D eigenvalue weighted by Crippen LogP contribution is -1.68. The topological polar surface area (TPSA) is 49.2 Å². The Balaban J connectivity index is 2.29. The number of para-hydroxylation sites is 1. The minimum atomic E-state index is 0.221. The summed E-state index contributed by atoms with van der Waals surface area (Å²) < 4.78 is 5.80. The number of hydrogen-bond donors (Lipinski definition) is 2. The molecule has 4 rings (SSSR count). The molecular formula is C14H9NO2. The zero-order chi connectivity index (χ0) is 11.4. The number of aromatic hydroxyl groups is 1. The Morgan fingerprint density at radius 1 is 1.00 bits per heavy atom. The van der Waals surface area contributed by atoms with Crippen molar-refractivity contribution in [1.29, 1.82) is 0 Å². The number of aromatic nitrogens is 1. The van der Waals surface area contributed by atoms with Gasteiger partial charge in [-0.15, -0.1) is 0 Å². The molecule has 0 aliphatic rings. The predicted octanol–water partition coefficient (Wildman–Crippen LogP) is 3.77. The van der Waals surface area contributed by atoms with Crippen molar-refractivity contribution in [2.24, 2.45) is 0 Å². The molecule has 0 saturated heterocycles. The summed E-state index contributed by atoms with van der Waals surface area (Å²) in [7, 11) is 0. The second-order valence-corrected chi connectivity index (χ2v) is 4.16. The van der Waals surface area contributed by atoms with Gasteiger partial charge < -0.3 is 14.5 Å². The van der Waals surface area contributed by atoms with Crippen molar-refractivity contribution >= 4 is 33.0 Å². The summed E-state index contributed by atoms with van der Waals surface area (Å²) in [4.78, 5) is 3.35. The van der Waals surface area contributed by atoms with Crippen LogP contribution < -0.4 is 0 Å². The molecule has 2 heterocycles. The van der Waals surface area contributed by atoms with Gasteiger partial charge in [0.25, 0.3) is 0 Å². The monoisotopic (exact) mass is 223 g/mol. The van der Waals surface area contributed by atoms with E-state index in [4.69, 9.17) is 4.42 Å². The van der Waals surface area contributed by atoms with Gasteiger partial charge in [0, 0.05) is 22.4 Å². The minimum Gasteiger partial charge on any atom is -0.508 e. The fourth-order valence-electron chi connectivity index (χ4n) is 2.32. The molecule has 0 unspecified atom stereocenters. The summed E-state index contributed by atoms with van der Waals surface area (Å²) >= 11 is 0. The molecule has 0 saturated carbocycles. The zero-order valence-electron chi connectivity index (χ0n) is 8.90. The third-order valence-corrected chi connectivity index (χ3v) is 3.10. The minimum absolute atomic E-state index is 0.221. The Morgan fingerprint density at radius 3 is 2.82 bits per heavy atom. The number of hydrogen-bond acceptors (Lipinski definition) is 2. The van der Waals surface area contributed by atoms with Gasteiger partial charge in [-0.05, 0) is 24.3 Å². The van der Waals surface area contributed by atoms with Gasteiger partial charge in [-0.25, -0.2) is 0 Å². The lowest BCUT2D eigenvalue weighted by Gasteiger charge is -1.91. The van der Waals surface area contributed by atoms with Crippen LogP contribution in [0.4, 0.5) is 0 Å². The second kappa shape index (κ2) is 2.83. The number of aromatic amines is 1. The smallest absolute Gasteiger partial charge is 0.160 e. The van der Waals surface area contributed by atoms with Crippen molar-refractivity contribution in [1.82, 2.24) is 4.98 Å². The molecular weight excluding hydrogens is 214 g/mol. The maximum absolute atomic E-state index is 9.44. The maximum atomic E-state index is 9.44. The Morgan fingerprint density at radius 2 is 1.88 bits per heavy atom. The SMILES string of the molecule is Oc1ccc2c(c1)oc1c3ccccc3[nH]c21. The fourth-order valence-corrected chi connectivity index (χ4v) is 2.32. The molecule has 2 N–H and O–H groups in total. The van der Waals surface area contributed by atoms with Gasteiger partial charge in [-0.2, -0.15) is 0 Å². The van der Waals surface area contributed by atoms with Crippen LogP contribution in [-0.4, -0.2) is 10.1 Å². The van der Waals surface area contributed by atoms with Crippen LogP contribution in [0, 0.1) is 0 Å². The number of phenols is 1. The molecule has 0 aliphatic carbocycles. The highest BCUT2D eigenvalue weighted by Gasteiger charge is 2.12. The van der Waals surface area contributed by atoms with Crippen molar-refractivity contribution < 1.29 is 9.52 Å². The zero-order valence-corrected chi connectivity index (χ0v) is 8.90. The molecule has 0 spiro atoms. The second-order valence-electron chi connectivity index (χ2n) is 4.16. The summed E-state index contributed by atoms with van der Waals surface area (Å²) in [5.41, 5.74) is 3.61. The molecule has 2 aromatic carbocycles. The van der Waals surface area contributed by atoms with Crippen LogP contribution in [-0.2, 0) is 0 Å². The van der Waals surface area contributed by atoms with Crippen LogP contribution in [0.25, 0.3) is 33.0 Å². The third kappa shape index (κ3) is 1.05. The number of nitrogens with one attached hydrogen (secondary N) is 1. The summed E-state index contributed by atoms with van der Waals surface area (Å²) in [5, 5.41) is 11.5. The maximum Gasteiger partial charge on any atom is 0.160 e. The molecule has 0 radical (unpaired) electrons. The van der Waals surface area contributed by atoms with Crippen molar-refractivity contribution in [3.05, 3.63) is 42.5 Å². The molecule has 82 valence electrons. The van der Waals surface area contributed by atoms with E-state index in [1.807, 2.05) is 30.3 Å². The molecule has 4 aromatic rings. The van der Waals surface area contributed by atoms with E-state index in [0.29, 0.717) is 5.58 Å². The van der Waals surface area contributed by atoms with Gasteiger partial charge in [0.05, 0.1) is 5.52 Å². The van der Waals surface area contributed by atoms with Gasteiger partial charge in [0.15, 0.2) is 5.58 Å². The van der Waals surface area contributed by atoms with Crippen molar-refractivity contribution in [3.63, 3.8) is 0 Å². The first-order valence-corrected chi connectivity index (χ1v) is 5.45. The average molecular weight is 223 g/mol. The summed E-state index contributed by atoms with van der Waals surface area (Å²) in [6, 6.07) is 13.2. The Hall–Kier alpha value is -2.42. The molecule has 3 heteroatoms. The Labute approximate surface area is 96.3 Å². The first-order valence-electron chi connectivity index (χ1n) is 5.45. The van der Waals surface area contributed by atoms with Crippen LogP contribution >= 0.6 is 0 Å². The third-order valence-electron chi connectivity index (χ3n) is 3.10. The van der Waals surface area contributed by atoms with E-state index in [0.717, 1.165) is 27.4 Å². The van der Waals surface area contributed by atoms with E-state index < -0.39 is 0 Å². The van der Waals surface area contributed by atoms with Crippen LogP contribution in [0.15, 0.2) is 46.9 Å². The van der Waals surface area contributed by atoms with E-state index in [1.165, 1.54) is 0 Å². The molecule has 0 bridgehead atoms. The van der Waals surface area contributed by atoms with Crippen LogP contribution in [0.3, 0.4) is 0 Å². The number of rotatable bonds is 0. The van der Waals surface area contributed by atoms with E-state index in [2.05, 4.69) is 4.98 Å². The van der Waals surface area contributed by atoms with Crippen molar-refractivity contribution in [2.45, 2.75) is 0 Å². The lowest BCUT2D eigenvalue weighted by atomic mass is 10.2. The molecule has 0 fully saturated rings. The number of H-pyrrole nitrogens is 1. The van der Waals surface area contributed by atoms with Gasteiger partial charge in [-0.1, -0.05) is 12.1 Å². The van der Waals surface area contributed by atoms with E-state index in [9.17, 15) is 5.11 Å². The van der Waals surface area contributed by atoms with Gasteiger partial charge in [0.2, 0.25) is 0 Å². The van der Waals surface area contributed by atoms with Crippen molar-refractivity contribution in [3.8, 4) is 5.75 Å².